The summed E-state index contributed by atoms with van der Waals surface area (Å²) in [5, 5.41) is 13.7. The Morgan fingerprint density at radius 2 is 2.03 bits per heavy atom. The van der Waals surface area contributed by atoms with Gasteiger partial charge >= 0.3 is 11.9 Å². The van der Waals surface area contributed by atoms with Gasteiger partial charge in [-0.25, -0.2) is 14.3 Å². The molecule has 11 heteroatoms. The molecule has 3 aromatic heterocycles. The second kappa shape index (κ2) is 7.44. The Bertz CT molecular complexity index is 1540. The first kappa shape index (κ1) is 20.7. The lowest BCUT2D eigenvalue weighted by Gasteiger charge is -2.10. The fourth-order valence-corrected chi connectivity index (χ4v) is 4.15. The predicted octanol–water partition coefficient (Wildman–Crippen LogP) is 3.02. The molecular weight excluding hydrogens is 437 g/mol. The summed E-state index contributed by atoms with van der Waals surface area (Å²) < 4.78 is 39.9. The van der Waals surface area contributed by atoms with Crippen LogP contribution in [0, 0.1) is 11.3 Å². The molecule has 166 valence electrons. The van der Waals surface area contributed by atoms with Crippen molar-refractivity contribution in [2.45, 2.75) is 30.9 Å². The van der Waals surface area contributed by atoms with E-state index in [2.05, 4.69) is 20.1 Å². The second-order valence-corrected chi connectivity index (χ2v) is 7.93. The second-order valence-electron chi connectivity index (χ2n) is 7.93. The minimum Gasteiger partial charge on any atom is -0.313 e. The Labute approximate surface area is 183 Å². The Morgan fingerprint density at radius 1 is 1.21 bits per heavy atom. The summed E-state index contributed by atoms with van der Waals surface area (Å²) in [4.78, 5) is 32.5. The first-order valence-electron chi connectivity index (χ1n) is 10.00. The van der Waals surface area contributed by atoms with Gasteiger partial charge < -0.3 is 4.98 Å². The molecule has 1 aromatic carbocycles. The van der Waals surface area contributed by atoms with Gasteiger partial charge in [0.05, 0.1) is 29.3 Å². The van der Waals surface area contributed by atoms with Gasteiger partial charge in [0.2, 0.25) is 0 Å². The van der Waals surface area contributed by atoms with Crippen LogP contribution in [-0.2, 0) is 6.42 Å². The number of rotatable bonds is 4. The van der Waals surface area contributed by atoms with E-state index in [1.54, 1.807) is 24.5 Å². The van der Waals surface area contributed by atoms with Gasteiger partial charge in [-0.2, -0.15) is 23.5 Å². The predicted molar refractivity (Wildman–Crippen MR) is 111 cm³/mol. The minimum absolute atomic E-state index is 0.0108. The molecule has 8 nitrogen and oxygen atoms in total. The van der Waals surface area contributed by atoms with Gasteiger partial charge in [-0.15, -0.1) is 0 Å². The quantitative estimate of drug-likeness (QED) is 0.493. The maximum atomic E-state index is 12.8. The molecule has 2 N–H and O–H groups in total. The van der Waals surface area contributed by atoms with Crippen molar-refractivity contribution in [3.05, 3.63) is 85.9 Å². The van der Waals surface area contributed by atoms with E-state index >= 15 is 0 Å². The van der Waals surface area contributed by atoms with Gasteiger partial charge in [0.25, 0.3) is 5.56 Å². The van der Waals surface area contributed by atoms with Crippen LogP contribution in [0.3, 0.4) is 0 Å². The van der Waals surface area contributed by atoms with E-state index in [9.17, 15) is 28.0 Å². The van der Waals surface area contributed by atoms with E-state index in [0.29, 0.717) is 17.8 Å². The number of aromatic nitrogens is 5. The number of nitrogens with zero attached hydrogens (tertiary/aromatic N) is 4. The highest BCUT2D eigenvalue weighted by Crippen LogP contribution is 2.55. The van der Waals surface area contributed by atoms with E-state index in [1.165, 1.54) is 22.8 Å². The number of halogens is 3. The first-order chi connectivity index (χ1) is 15.7. The third-order valence-electron chi connectivity index (χ3n) is 5.75. The van der Waals surface area contributed by atoms with Crippen LogP contribution < -0.4 is 11.2 Å². The topological polar surface area (TPSA) is 120 Å². The van der Waals surface area contributed by atoms with Gasteiger partial charge in [-0.1, -0.05) is 12.1 Å². The number of aromatic amines is 2. The van der Waals surface area contributed by atoms with E-state index in [1.807, 2.05) is 6.07 Å². The maximum Gasteiger partial charge on any atom is 0.393 e. The summed E-state index contributed by atoms with van der Waals surface area (Å²) in [5.41, 5.74) is 1.47. The lowest BCUT2D eigenvalue weighted by molar-refractivity contribution is -0.127. The van der Waals surface area contributed by atoms with Gasteiger partial charge in [-0.3, -0.25) is 9.78 Å². The summed E-state index contributed by atoms with van der Waals surface area (Å²) in [6, 6.07) is 8.11. The van der Waals surface area contributed by atoms with Crippen LogP contribution in [0.25, 0.3) is 16.9 Å². The molecule has 0 spiro atoms. The van der Waals surface area contributed by atoms with Crippen molar-refractivity contribution in [3.8, 4) is 17.3 Å². The summed E-state index contributed by atoms with van der Waals surface area (Å²) in [6.07, 6.45) is -0.339. The molecule has 4 aromatic rings. The molecule has 1 aliphatic rings. The summed E-state index contributed by atoms with van der Waals surface area (Å²) in [7, 11) is 0. The molecular formula is C22H15F3N6O2. The van der Waals surface area contributed by atoms with Crippen molar-refractivity contribution in [2.24, 2.45) is 0 Å². The average Bonchev–Trinajstić information content (AvgIpc) is 3.40. The Balaban J connectivity index is 1.52. The molecule has 0 saturated heterocycles. The van der Waals surface area contributed by atoms with Crippen molar-refractivity contribution in [2.75, 3.05) is 0 Å². The van der Waals surface area contributed by atoms with Gasteiger partial charge in [0.1, 0.15) is 0 Å². The zero-order valence-electron chi connectivity index (χ0n) is 16.8. The number of H-pyrrole nitrogens is 2. The molecule has 1 fully saturated rings. The van der Waals surface area contributed by atoms with Crippen LogP contribution in [0.1, 0.15) is 40.5 Å². The van der Waals surface area contributed by atoms with Gasteiger partial charge in [-0.05, 0) is 41.5 Å². The Hall–Kier alpha value is -4.20. The van der Waals surface area contributed by atoms with E-state index < -0.39 is 23.8 Å². The van der Waals surface area contributed by atoms with Crippen molar-refractivity contribution in [3.63, 3.8) is 0 Å². The van der Waals surface area contributed by atoms with Gasteiger partial charge in [0, 0.05) is 24.2 Å². The Kier molecular flexibility index (Phi) is 4.67. The van der Waals surface area contributed by atoms with Gasteiger partial charge in [0.15, 0.2) is 5.65 Å². The van der Waals surface area contributed by atoms with Crippen LogP contribution in [0.5, 0.6) is 0 Å². The molecule has 33 heavy (non-hydrogen) atoms. The number of nitriles is 1. The van der Waals surface area contributed by atoms with Crippen molar-refractivity contribution in [1.29, 1.82) is 5.26 Å². The zero-order chi connectivity index (χ0) is 23.3. The number of benzene rings is 1. The number of nitrogens with one attached hydrogen (secondary N) is 2. The van der Waals surface area contributed by atoms with Crippen LogP contribution in [0.2, 0.25) is 0 Å². The minimum atomic E-state index is -4.39. The molecule has 0 aliphatic heterocycles. The molecule has 2 atom stereocenters. The molecule has 3 heterocycles. The molecule has 1 aliphatic carbocycles. The van der Waals surface area contributed by atoms with E-state index in [0.717, 1.165) is 11.1 Å². The van der Waals surface area contributed by atoms with Crippen LogP contribution >= 0.6 is 0 Å². The summed E-state index contributed by atoms with van der Waals surface area (Å²) >= 11 is 0. The van der Waals surface area contributed by atoms with Crippen LogP contribution in [0.4, 0.5) is 13.2 Å². The van der Waals surface area contributed by atoms with Crippen molar-refractivity contribution in [1.82, 2.24) is 24.6 Å². The SMILES string of the molecule is N#Cc1cc([C@H]2C[C@@H]2c2cc(-c3c[nH]c(=O)[nH]c3=O)nn3ccnc23)ccc1CC(F)(F)F. The fraction of sp³-hybridized carbons (Fsp3) is 0.227. The standard InChI is InChI=1S/C22H15F3N6O2/c23-22(24,25)8-12-2-1-11(5-13(12)9-26)14-6-15(14)16-7-18(30-31-4-3-27-19(16)31)17-10-28-21(33)29-20(17)32/h1-5,7,10,14-15H,6,8H2,(H2,28,29,32,33)/t14-,15+/m1/s1. The molecule has 1 saturated carbocycles. The highest BCUT2D eigenvalue weighted by atomic mass is 19.4. The smallest absolute Gasteiger partial charge is 0.313 e. The van der Waals surface area contributed by atoms with Crippen LogP contribution in [-0.4, -0.2) is 30.7 Å². The van der Waals surface area contributed by atoms with Crippen molar-refractivity contribution < 1.29 is 13.2 Å². The zero-order valence-corrected chi connectivity index (χ0v) is 16.8. The molecule has 0 radical (unpaired) electrons. The number of fused-ring (bicyclic) bond motifs is 1. The maximum absolute atomic E-state index is 12.8. The first-order valence-corrected chi connectivity index (χ1v) is 10.00. The molecule has 0 unspecified atom stereocenters. The van der Waals surface area contributed by atoms with Crippen molar-refractivity contribution >= 4 is 5.65 Å². The monoisotopic (exact) mass is 452 g/mol. The Morgan fingerprint density at radius 3 is 2.76 bits per heavy atom. The lowest BCUT2D eigenvalue weighted by atomic mass is 9.98. The molecule has 5 rings (SSSR count). The highest BCUT2D eigenvalue weighted by molar-refractivity contribution is 5.63. The third kappa shape index (κ3) is 3.91. The number of hydrogen-bond donors (Lipinski definition) is 2. The van der Waals surface area contributed by atoms with E-state index in [-0.39, 0.29) is 28.5 Å². The third-order valence-corrected chi connectivity index (χ3v) is 5.75. The fourth-order valence-electron chi connectivity index (χ4n) is 4.15. The number of hydrogen-bond acceptors (Lipinski definition) is 5. The highest BCUT2D eigenvalue weighted by Gasteiger charge is 2.42. The lowest BCUT2D eigenvalue weighted by Crippen LogP contribution is -2.23. The van der Waals surface area contributed by atoms with E-state index in [4.69, 9.17) is 0 Å². The average molecular weight is 452 g/mol. The summed E-state index contributed by atoms with van der Waals surface area (Å²) in [5.74, 6) is -0.0276. The summed E-state index contributed by atoms with van der Waals surface area (Å²) in [6.45, 7) is 0. The van der Waals surface area contributed by atoms with Crippen LogP contribution in [0.15, 0.2) is 52.4 Å². The number of alkyl halides is 3. The number of imidazole rings is 1. The molecule has 0 amide bonds. The molecule has 0 bridgehead atoms. The largest absolute Gasteiger partial charge is 0.393 e. The normalized spacial score (nSPS) is 17.8.